The summed E-state index contributed by atoms with van der Waals surface area (Å²) in [5, 5.41) is 3.05. The highest BCUT2D eigenvalue weighted by Gasteiger charge is 2.16. The van der Waals surface area contributed by atoms with Crippen LogP contribution in [-0.2, 0) is 6.61 Å². The molecule has 152 valence electrons. The molecule has 8 heteroatoms. The van der Waals surface area contributed by atoms with E-state index in [4.69, 9.17) is 4.74 Å². The van der Waals surface area contributed by atoms with Crippen molar-refractivity contribution in [2.45, 2.75) is 13.5 Å². The molecule has 2 aromatic heterocycles. The van der Waals surface area contributed by atoms with Gasteiger partial charge in [-0.2, -0.15) is 0 Å². The van der Waals surface area contributed by atoms with Gasteiger partial charge in [0.2, 0.25) is 0 Å². The van der Waals surface area contributed by atoms with Gasteiger partial charge in [0.05, 0.1) is 11.3 Å². The third-order valence-corrected chi connectivity index (χ3v) is 4.26. The number of para-hydroxylation sites is 1. The van der Waals surface area contributed by atoms with Crippen molar-refractivity contribution >= 4 is 36.4 Å². The van der Waals surface area contributed by atoms with E-state index >= 15 is 0 Å². The van der Waals surface area contributed by atoms with E-state index in [0.29, 0.717) is 24.5 Å². The number of imidazole rings is 1. The van der Waals surface area contributed by atoms with Crippen LogP contribution in [0.3, 0.4) is 0 Å². The standard InChI is InChI=1S/C20H24N4O2.2ClH/c1-15-7-6-11-24-13-16(22-19(15)24)14-26-18-9-5-4-8-17(18)20(25)23(3)12-10-21-2;;/h4-9,11,13,21H,10,12,14H2,1-3H3;2*1H. The van der Waals surface area contributed by atoms with Crippen molar-refractivity contribution < 1.29 is 9.53 Å². The maximum Gasteiger partial charge on any atom is 0.257 e. The number of carbonyl (C=O) groups is 1. The first-order chi connectivity index (χ1) is 12.6. The number of aromatic nitrogens is 2. The van der Waals surface area contributed by atoms with Crippen LogP contribution < -0.4 is 10.1 Å². The number of pyridine rings is 1. The minimum atomic E-state index is -0.0540. The molecule has 0 saturated heterocycles. The monoisotopic (exact) mass is 424 g/mol. The number of aryl methyl sites for hydroxylation is 1. The fourth-order valence-corrected chi connectivity index (χ4v) is 2.78. The quantitative estimate of drug-likeness (QED) is 0.631. The van der Waals surface area contributed by atoms with Crippen LogP contribution in [0.1, 0.15) is 21.6 Å². The fraction of sp³-hybridized carbons (Fsp3) is 0.300. The zero-order chi connectivity index (χ0) is 18.5. The number of amides is 1. The molecule has 3 rings (SSSR count). The summed E-state index contributed by atoms with van der Waals surface area (Å²) in [7, 11) is 3.66. The number of nitrogens with one attached hydrogen (secondary N) is 1. The Labute approximate surface area is 177 Å². The van der Waals surface area contributed by atoms with Crippen molar-refractivity contribution in [3.8, 4) is 5.75 Å². The maximum absolute atomic E-state index is 12.7. The van der Waals surface area contributed by atoms with Crippen LogP contribution in [0.4, 0.5) is 0 Å². The Morgan fingerprint density at radius 2 is 1.96 bits per heavy atom. The maximum atomic E-state index is 12.7. The number of ether oxygens (including phenoxy) is 1. The summed E-state index contributed by atoms with van der Waals surface area (Å²) in [6.07, 6.45) is 3.92. The number of carbonyl (C=O) groups excluding carboxylic acids is 1. The lowest BCUT2D eigenvalue weighted by atomic mass is 10.1. The van der Waals surface area contributed by atoms with E-state index in [1.807, 2.05) is 61.1 Å². The molecule has 6 nitrogen and oxygen atoms in total. The van der Waals surface area contributed by atoms with E-state index < -0.39 is 0 Å². The predicted molar refractivity (Wildman–Crippen MR) is 116 cm³/mol. The number of hydrogen-bond acceptors (Lipinski definition) is 4. The van der Waals surface area contributed by atoms with E-state index in [2.05, 4.69) is 10.3 Å². The van der Waals surface area contributed by atoms with Gasteiger partial charge in [-0.15, -0.1) is 24.8 Å². The molecule has 1 N–H and O–H groups in total. The zero-order valence-corrected chi connectivity index (χ0v) is 17.8. The van der Waals surface area contributed by atoms with Gasteiger partial charge in [0.25, 0.3) is 5.91 Å². The fourth-order valence-electron chi connectivity index (χ4n) is 2.78. The molecule has 1 aromatic carbocycles. The van der Waals surface area contributed by atoms with Crippen molar-refractivity contribution in [3.05, 3.63) is 65.6 Å². The van der Waals surface area contributed by atoms with E-state index in [1.165, 1.54) is 0 Å². The van der Waals surface area contributed by atoms with Crippen LogP contribution in [0, 0.1) is 6.92 Å². The van der Waals surface area contributed by atoms with Crippen molar-refractivity contribution in [2.75, 3.05) is 27.2 Å². The minimum absolute atomic E-state index is 0. The summed E-state index contributed by atoms with van der Waals surface area (Å²) < 4.78 is 7.91. The molecule has 0 aliphatic carbocycles. The number of fused-ring (bicyclic) bond motifs is 1. The third-order valence-electron chi connectivity index (χ3n) is 4.26. The Hall–Kier alpha value is -2.28. The van der Waals surface area contributed by atoms with Gasteiger partial charge in [-0.3, -0.25) is 4.79 Å². The lowest BCUT2D eigenvalue weighted by molar-refractivity contribution is 0.0792. The summed E-state index contributed by atoms with van der Waals surface area (Å²) in [5.74, 6) is 0.518. The molecule has 2 heterocycles. The molecule has 0 aliphatic heterocycles. The van der Waals surface area contributed by atoms with Crippen molar-refractivity contribution in [1.82, 2.24) is 19.6 Å². The highest BCUT2D eigenvalue weighted by molar-refractivity contribution is 5.96. The first kappa shape index (κ1) is 23.8. The van der Waals surface area contributed by atoms with Gasteiger partial charge in [-0.05, 0) is 37.7 Å². The molecule has 28 heavy (non-hydrogen) atoms. The topological polar surface area (TPSA) is 58.9 Å². The van der Waals surface area contributed by atoms with Crippen LogP contribution in [0.25, 0.3) is 5.65 Å². The summed E-state index contributed by atoms with van der Waals surface area (Å²) in [6, 6.07) is 11.3. The van der Waals surface area contributed by atoms with Crippen LogP contribution in [0.5, 0.6) is 5.75 Å². The van der Waals surface area contributed by atoms with Gasteiger partial charge in [-0.1, -0.05) is 18.2 Å². The number of rotatable bonds is 7. The van der Waals surface area contributed by atoms with Crippen LogP contribution in [-0.4, -0.2) is 47.4 Å². The van der Waals surface area contributed by atoms with Crippen LogP contribution in [0.15, 0.2) is 48.8 Å². The average Bonchev–Trinajstić information content (AvgIpc) is 3.08. The zero-order valence-electron chi connectivity index (χ0n) is 16.2. The van der Waals surface area contributed by atoms with Crippen LogP contribution in [0.2, 0.25) is 0 Å². The van der Waals surface area contributed by atoms with Crippen LogP contribution >= 0.6 is 24.8 Å². The second kappa shape index (κ2) is 10.9. The number of likely N-dealkylation sites (N-methyl/N-ethyl adjacent to an activating group) is 2. The summed E-state index contributed by atoms with van der Waals surface area (Å²) in [5.41, 5.74) is 3.42. The highest BCUT2D eigenvalue weighted by atomic mass is 35.5. The summed E-state index contributed by atoms with van der Waals surface area (Å²) >= 11 is 0. The SMILES string of the molecule is CNCCN(C)C(=O)c1ccccc1OCc1cn2cccc(C)c2n1.Cl.Cl. The second-order valence-corrected chi connectivity index (χ2v) is 6.27. The smallest absolute Gasteiger partial charge is 0.257 e. The molecular formula is C20H26Cl2N4O2. The Morgan fingerprint density at radius 3 is 2.68 bits per heavy atom. The predicted octanol–water partition coefficient (Wildman–Crippen LogP) is 3.36. The van der Waals surface area contributed by atoms with E-state index in [0.717, 1.165) is 23.4 Å². The Balaban J connectivity index is 0.00000196. The molecule has 0 unspecified atom stereocenters. The second-order valence-electron chi connectivity index (χ2n) is 6.27. The molecule has 3 aromatic rings. The van der Waals surface area contributed by atoms with Gasteiger partial charge < -0.3 is 19.4 Å². The van der Waals surface area contributed by atoms with Gasteiger partial charge in [0.15, 0.2) is 0 Å². The van der Waals surface area contributed by atoms with Gasteiger partial charge in [-0.25, -0.2) is 4.98 Å². The molecule has 1 amide bonds. The van der Waals surface area contributed by atoms with Gasteiger partial charge in [0, 0.05) is 32.5 Å². The van der Waals surface area contributed by atoms with Gasteiger partial charge >= 0.3 is 0 Å². The molecule has 0 radical (unpaired) electrons. The average molecular weight is 425 g/mol. The largest absolute Gasteiger partial charge is 0.486 e. The summed E-state index contributed by atoms with van der Waals surface area (Å²) in [4.78, 5) is 19.0. The van der Waals surface area contributed by atoms with Gasteiger partial charge in [0.1, 0.15) is 18.0 Å². The molecule has 0 bridgehead atoms. The van der Waals surface area contributed by atoms with Crippen molar-refractivity contribution in [1.29, 1.82) is 0 Å². The third kappa shape index (κ3) is 5.38. The molecule has 0 aliphatic rings. The Bertz CT molecular complexity index is 914. The minimum Gasteiger partial charge on any atom is -0.486 e. The molecule has 0 fully saturated rings. The number of halogens is 2. The lowest BCUT2D eigenvalue weighted by Gasteiger charge is -2.18. The highest BCUT2D eigenvalue weighted by Crippen LogP contribution is 2.21. The normalized spacial score (nSPS) is 10.1. The number of hydrogen-bond donors (Lipinski definition) is 1. The summed E-state index contributed by atoms with van der Waals surface area (Å²) in [6.45, 7) is 3.72. The van der Waals surface area contributed by atoms with Crippen molar-refractivity contribution in [3.63, 3.8) is 0 Å². The number of benzene rings is 1. The van der Waals surface area contributed by atoms with E-state index in [1.54, 1.807) is 18.0 Å². The molecule has 0 spiro atoms. The Kier molecular flexibility index (Phi) is 9.25. The van der Waals surface area contributed by atoms with Crippen molar-refractivity contribution in [2.24, 2.45) is 0 Å². The first-order valence-electron chi connectivity index (χ1n) is 8.65. The van der Waals surface area contributed by atoms with E-state index in [-0.39, 0.29) is 30.7 Å². The van der Waals surface area contributed by atoms with E-state index in [9.17, 15) is 4.79 Å². The molecular weight excluding hydrogens is 399 g/mol. The number of nitrogens with zero attached hydrogens (tertiary/aromatic N) is 3. The first-order valence-corrected chi connectivity index (χ1v) is 8.65. The lowest BCUT2D eigenvalue weighted by Crippen LogP contribution is -2.33. The Morgan fingerprint density at radius 1 is 1.21 bits per heavy atom. The molecule has 0 atom stereocenters. The molecule has 0 saturated carbocycles.